The smallest absolute Gasteiger partial charge is 0.158 e. The molecule has 0 atom stereocenters. The third kappa shape index (κ3) is 2.91. The quantitative estimate of drug-likeness (QED) is 0.786. The second-order valence-electron chi connectivity index (χ2n) is 4.91. The highest BCUT2D eigenvalue weighted by Crippen LogP contribution is 2.26. The van der Waals surface area contributed by atoms with Crippen LogP contribution in [0.2, 0.25) is 5.15 Å². The first-order valence-electron chi connectivity index (χ1n) is 5.91. The van der Waals surface area contributed by atoms with Crippen molar-refractivity contribution in [1.29, 1.82) is 0 Å². The molecule has 18 heavy (non-hydrogen) atoms. The Labute approximate surface area is 112 Å². The van der Waals surface area contributed by atoms with Crippen LogP contribution < -0.4 is 4.90 Å². The molecule has 0 N–H and O–H groups in total. The molecule has 0 radical (unpaired) electrons. The van der Waals surface area contributed by atoms with Crippen molar-refractivity contribution in [2.75, 3.05) is 31.8 Å². The Morgan fingerprint density at radius 3 is 2.94 bits per heavy atom. The van der Waals surface area contributed by atoms with Crippen molar-refractivity contribution in [3.63, 3.8) is 0 Å². The largest absolute Gasteiger partial charge is 0.377 e. The molecule has 1 aliphatic heterocycles. The molecule has 2 heterocycles. The fourth-order valence-corrected chi connectivity index (χ4v) is 2.26. The van der Waals surface area contributed by atoms with Crippen LogP contribution in [0, 0.1) is 0 Å². The first-order chi connectivity index (χ1) is 8.53. The van der Waals surface area contributed by atoms with Crippen molar-refractivity contribution in [2.45, 2.75) is 26.0 Å². The van der Waals surface area contributed by atoms with Gasteiger partial charge in [0.05, 0.1) is 18.8 Å². The number of morpholine rings is 1. The van der Waals surface area contributed by atoms with Gasteiger partial charge < -0.3 is 14.4 Å². The molecule has 100 valence electrons. The van der Waals surface area contributed by atoms with E-state index in [2.05, 4.69) is 28.7 Å². The average molecular weight is 272 g/mol. The Kier molecular flexibility index (Phi) is 4.04. The van der Waals surface area contributed by atoms with Crippen molar-refractivity contribution < 1.29 is 9.47 Å². The zero-order chi connectivity index (χ0) is 13.2. The molecule has 6 heteroatoms. The zero-order valence-corrected chi connectivity index (χ0v) is 11.7. The second kappa shape index (κ2) is 5.38. The summed E-state index contributed by atoms with van der Waals surface area (Å²) in [5.41, 5.74) is -0.0970. The minimum absolute atomic E-state index is 0.0970. The maximum absolute atomic E-state index is 6.03. The maximum Gasteiger partial charge on any atom is 0.158 e. The number of methoxy groups -OCH3 is 1. The highest BCUT2D eigenvalue weighted by atomic mass is 35.5. The van der Waals surface area contributed by atoms with Crippen LogP contribution in [-0.2, 0) is 16.1 Å². The minimum atomic E-state index is -0.0970. The molecular weight excluding hydrogens is 254 g/mol. The number of ether oxygens (including phenoxy) is 2. The predicted octanol–water partition coefficient (Wildman–Crippen LogP) is 1.89. The van der Waals surface area contributed by atoms with Gasteiger partial charge in [-0.25, -0.2) is 9.97 Å². The summed E-state index contributed by atoms with van der Waals surface area (Å²) in [5, 5.41) is 0.439. The summed E-state index contributed by atoms with van der Waals surface area (Å²) in [7, 11) is 1.61. The average Bonchev–Trinajstić information content (AvgIpc) is 2.27. The van der Waals surface area contributed by atoms with Crippen LogP contribution in [0.3, 0.4) is 0 Å². The van der Waals surface area contributed by atoms with Gasteiger partial charge in [-0.1, -0.05) is 11.6 Å². The number of nitrogens with zero attached hydrogens (tertiary/aromatic N) is 3. The molecular formula is C12H18ClN3O2. The molecule has 0 unspecified atom stereocenters. The summed E-state index contributed by atoms with van der Waals surface area (Å²) in [6.07, 6.45) is 0. The van der Waals surface area contributed by atoms with E-state index in [1.165, 1.54) is 0 Å². The first-order valence-corrected chi connectivity index (χ1v) is 6.28. The van der Waals surface area contributed by atoms with Gasteiger partial charge >= 0.3 is 0 Å². The summed E-state index contributed by atoms with van der Waals surface area (Å²) >= 11 is 6.03. The monoisotopic (exact) mass is 271 g/mol. The molecule has 1 aromatic heterocycles. The lowest BCUT2D eigenvalue weighted by Gasteiger charge is -2.43. The van der Waals surface area contributed by atoms with E-state index >= 15 is 0 Å². The SMILES string of the molecule is COCc1nc(Cl)cc(N2CCOCC2(C)C)n1. The summed E-state index contributed by atoms with van der Waals surface area (Å²) in [6.45, 7) is 6.78. The number of rotatable bonds is 3. The fourth-order valence-electron chi connectivity index (χ4n) is 2.07. The van der Waals surface area contributed by atoms with E-state index in [4.69, 9.17) is 21.1 Å². The van der Waals surface area contributed by atoms with Gasteiger partial charge in [-0.2, -0.15) is 0 Å². The van der Waals surface area contributed by atoms with E-state index in [0.717, 1.165) is 12.4 Å². The van der Waals surface area contributed by atoms with Gasteiger partial charge in [0.1, 0.15) is 17.6 Å². The van der Waals surface area contributed by atoms with E-state index in [-0.39, 0.29) is 5.54 Å². The number of hydrogen-bond acceptors (Lipinski definition) is 5. The third-order valence-electron chi connectivity index (χ3n) is 2.92. The summed E-state index contributed by atoms with van der Waals surface area (Å²) < 4.78 is 10.6. The molecule has 0 saturated carbocycles. The van der Waals surface area contributed by atoms with E-state index in [1.807, 2.05) is 0 Å². The van der Waals surface area contributed by atoms with Gasteiger partial charge in [-0.3, -0.25) is 0 Å². The Morgan fingerprint density at radius 2 is 2.28 bits per heavy atom. The van der Waals surface area contributed by atoms with Gasteiger partial charge in [0.25, 0.3) is 0 Å². The molecule has 5 nitrogen and oxygen atoms in total. The number of anilines is 1. The van der Waals surface area contributed by atoms with Crippen LogP contribution in [0.4, 0.5) is 5.82 Å². The van der Waals surface area contributed by atoms with Crippen molar-refractivity contribution in [3.8, 4) is 0 Å². The van der Waals surface area contributed by atoms with Crippen LogP contribution in [0.25, 0.3) is 0 Å². The molecule has 1 aliphatic rings. The van der Waals surface area contributed by atoms with E-state index in [1.54, 1.807) is 13.2 Å². The molecule has 0 spiro atoms. The third-order valence-corrected chi connectivity index (χ3v) is 3.12. The molecule has 1 saturated heterocycles. The molecule has 1 aromatic rings. The van der Waals surface area contributed by atoms with E-state index in [0.29, 0.717) is 30.8 Å². The summed E-state index contributed by atoms with van der Waals surface area (Å²) in [4.78, 5) is 10.8. The zero-order valence-electron chi connectivity index (χ0n) is 10.9. The topological polar surface area (TPSA) is 47.5 Å². The Bertz CT molecular complexity index is 426. The summed E-state index contributed by atoms with van der Waals surface area (Å²) in [6, 6.07) is 1.79. The lowest BCUT2D eigenvalue weighted by Crippen LogP contribution is -2.53. The highest BCUT2D eigenvalue weighted by Gasteiger charge is 2.31. The molecule has 1 fully saturated rings. The summed E-state index contributed by atoms with van der Waals surface area (Å²) in [5.74, 6) is 1.43. The minimum Gasteiger partial charge on any atom is -0.377 e. The van der Waals surface area contributed by atoms with Gasteiger partial charge in [0, 0.05) is 19.7 Å². The maximum atomic E-state index is 6.03. The normalized spacial score (nSPS) is 19.0. The number of aromatic nitrogens is 2. The van der Waals surface area contributed by atoms with Gasteiger partial charge in [-0.15, -0.1) is 0 Å². The van der Waals surface area contributed by atoms with Crippen molar-refractivity contribution in [1.82, 2.24) is 9.97 Å². The van der Waals surface area contributed by atoms with Crippen LogP contribution >= 0.6 is 11.6 Å². The number of hydrogen-bond donors (Lipinski definition) is 0. The van der Waals surface area contributed by atoms with Crippen molar-refractivity contribution in [3.05, 3.63) is 17.0 Å². The fraction of sp³-hybridized carbons (Fsp3) is 0.667. The van der Waals surface area contributed by atoms with Crippen LogP contribution in [0.5, 0.6) is 0 Å². The van der Waals surface area contributed by atoms with E-state index in [9.17, 15) is 0 Å². The van der Waals surface area contributed by atoms with Crippen LogP contribution in [0.1, 0.15) is 19.7 Å². The number of halogens is 1. The molecule has 2 rings (SSSR count). The Hall–Kier alpha value is -0.910. The van der Waals surface area contributed by atoms with Gasteiger partial charge in [0.15, 0.2) is 5.82 Å². The lowest BCUT2D eigenvalue weighted by atomic mass is 10.0. The lowest BCUT2D eigenvalue weighted by molar-refractivity contribution is 0.0638. The van der Waals surface area contributed by atoms with Crippen molar-refractivity contribution >= 4 is 17.4 Å². The van der Waals surface area contributed by atoms with Crippen LogP contribution in [0.15, 0.2) is 6.07 Å². The molecule has 0 bridgehead atoms. The van der Waals surface area contributed by atoms with Crippen LogP contribution in [-0.4, -0.2) is 42.4 Å². The van der Waals surface area contributed by atoms with Crippen molar-refractivity contribution in [2.24, 2.45) is 0 Å². The van der Waals surface area contributed by atoms with E-state index < -0.39 is 0 Å². The molecule has 0 amide bonds. The Balaban J connectivity index is 2.31. The van der Waals surface area contributed by atoms with Gasteiger partial charge in [-0.05, 0) is 13.8 Å². The standard InChI is InChI=1S/C12H18ClN3O2/c1-12(2)8-18-5-4-16(12)11-6-9(13)14-10(15-11)7-17-3/h6H,4-5,7-8H2,1-3H3. The highest BCUT2D eigenvalue weighted by molar-refractivity contribution is 6.29. The predicted molar refractivity (Wildman–Crippen MR) is 70.0 cm³/mol. The Morgan fingerprint density at radius 1 is 1.50 bits per heavy atom. The first kappa shape index (κ1) is 13.5. The molecule has 0 aliphatic carbocycles. The van der Waals surface area contributed by atoms with Gasteiger partial charge in [0.2, 0.25) is 0 Å². The molecule has 0 aromatic carbocycles. The second-order valence-corrected chi connectivity index (χ2v) is 5.30.